The largest absolute Gasteiger partial charge is 0.355 e. The van der Waals surface area contributed by atoms with Gasteiger partial charge in [-0.1, -0.05) is 15.9 Å². The summed E-state index contributed by atoms with van der Waals surface area (Å²) in [5.74, 6) is 2.52. The molecule has 1 atom stereocenters. The van der Waals surface area contributed by atoms with E-state index in [1.54, 1.807) is 6.92 Å². The molecule has 0 radical (unpaired) electrons. The van der Waals surface area contributed by atoms with Gasteiger partial charge in [-0.25, -0.2) is 0 Å². The maximum Gasteiger partial charge on any atom is 0.233 e. The predicted molar refractivity (Wildman–Crippen MR) is 49.5 cm³/mol. The van der Waals surface area contributed by atoms with Gasteiger partial charge in [0.25, 0.3) is 0 Å². The number of unbranched alkanes of at least 4 members (excludes halogenated alkanes) is 1. The van der Waals surface area contributed by atoms with Crippen LogP contribution in [0.4, 0.5) is 0 Å². The fourth-order valence-corrected chi connectivity index (χ4v) is 0.705. The van der Waals surface area contributed by atoms with Crippen LogP contribution < -0.4 is 5.32 Å². The van der Waals surface area contributed by atoms with Crippen molar-refractivity contribution in [2.24, 2.45) is 0 Å². The number of halogens is 1. The predicted octanol–water partition coefficient (Wildman–Crippen LogP) is 1.30. The minimum atomic E-state index is -0.117. The second-order valence-corrected chi connectivity index (χ2v) is 3.59. The van der Waals surface area contributed by atoms with E-state index >= 15 is 0 Å². The topological polar surface area (TPSA) is 29.1 Å². The Morgan fingerprint density at radius 2 is 2.45 bits per heavy atom. The van der Waals surface area contributed by atoms with Crippen molar-refractivity contribution < 1.29 is 4.79 Å². The maximum atomic E-state index is 10.9. The minimum absolute atomic E-state index is 0.0158. The van der Waals surface area contributed by atoms with E-state index < -0.39 is 0 Å². The van der Waals surface area contributed by atoms with Crippen LogP contribution in [0.5, 0.6) is 0 Å². The number of hydrogen-bond donors (Lipinski definition) is 1. The van der Waals surface area contributed by atoms with Crippen molar-refractivity contribution in [2.75, 3.05) is 6.54 Å². The Labute approximate surface area is 75.9 Å². The molecule has 2 nitrogen and oxygen atoms in total. The number of carbonyl (C=O) groups is 1. The van der Waals surface area contributed by atoms with E-state index in [-0.39, 0.29) is 10.7 Å². The molecule has 0 bridgehead atoms. The summed E-state index contributed by atoms with van der Waals surface area (Å²) in [7, 11) is 0. The van der Waals surface area contributed by atoms with Gasteiger partial charge in [0.15, 0.2) is 0 Å². The molecule has 0 aromatic heterocycles. The molecule has 1 amide bonds. The molecule has 62 valence electrons. The molecule has 0 aliphatic carbocycles. The number of rotatable bonds is 4. The van der Waals surface area contributed by atoms with E-state index in [4.69, 9.17) is 6.42 Å². The Morgan fingerprint density at radius 3 is 2.91 bits per heavy atom. The molecule has 0 fully saturated rings. The average molecular weight is 218 g/mol. The van der Waals surface area contributed by atoms with Gasteiger partial charge < -0.3 is 5.32 Å². The summed E-state index contributed by atoms with van der Waals surface area (Å²) in [6.45, 7) is 2.45. The Kier molecular flexibility index (Phi) is 5.96. The highest BCUT2D eigenvalue weighted by atomic mass is 79.9. The summed E-state index contributed by atoms with van der Waals surface area (Å²) in [5.41, 5.74) is 0. The van der Waals surface area contributed by atoms with E-state index in [0.29, 0.717) is 6.54 Å². The SMILES string of the molecule is C#CCCCNC(=O)C(C)Br. The van der Waals surface area contributed by atoms with Crippen molar-refractivity contribution in [1.82, 2.24) is 5.32 Å². The lowest BCUT2D eigenvalue weighted by molar-refractivity contribution is -0.120. The minimum Gasteiger partial charge on any atom is -0.355 e. The molecule has 0 aliphatic heterocycles. The zero-order valence-electron chi connectivity index (χ0n) is 6.56. The van der Waals surface area contributed by atoms with E-state index in [2.05, 4.69) is 27.2 Å². The summed E-state index contributed by atoms with van der Waals surface area (Å²) < 4.78 is 0. The third-order valence-electron chi connectivity index (χ3n) is 1.16. The van der Waals surface area contributed by atoms with Crippen LogP contribution in [0.25, 0.3) is 0 Å². The van der Waals surface area contributed by atoms with Gasteiger partial charge in [0.2, 0.25) is 5.91 Å². The Bertz CT molecular complexity index is 160. The second-order valence-electron chi connectivity index (χ2n) is 2.21. The van der Waals surface area contributed by atoms with Crippen molar-refractivity contribution in [3.05, 3.63) is 0 Å². The fourth-order valence-electron chi connectivity index (χ4n) is 0.543. The highest BCUT2D eigenvalue weighted by Gasteiger charge is 2.05. The molecular formula is C8H12BrNO. The van der Waals surface area contributed by atoms with Crippen molar-refractivity contribution in [1.29, 1.82) is 0 Å². The van der Waals surface area contributed by atoms with Gasteiger partial charge in [-0.2, -0.15) is 0 Å². The van der Waals surface area contributed by atoms with Crippen molar-refractivity contribution in [2.45, 2.75) is 24.6 Å². The molecule has 0 heterocycles. The highest BCUT2D eigenvalue weighted by Crippen LogP contribution is 1.96. The van der Waals surface area contributed by atoms with Crippen LogP contribution in [0.15, 0.2) is 0 Å². The van der Waals surface area contributed by atoms with E-state index in [1.807, 2.05) is 0 Å². The number of terminal acetylenes is 1. The molecule has 0 aliphatic rings. The molecule has 3 heteroatoms. The second kappa shape index (κ2) is 6.23. The maximum absolute atomic E-state index is 10.9. The summed E-state index contributed by atoms with van der Waals surface area (Å²) in [6, 6.07) is 0. The molecule has 0 aromatic carbocycles. The van der Waals surface area contributed by atoms with Crippen LogP contribution in [0.2, 0.25) is 0 Å². The first kappa shape index (κ1) is 10.5. The molecule has 1 N–H and O–H groups in total. The lowest BCUT2D eigenvalue weighted by Gasteiger charge is -2.04. The van der Waals surface area contributed by atoms with Crippen molar-refractivity contribution in [3.8, 4) is 12.3 Å². The third kappa shape index (κ3) is 5.93. The standard InChI is InChI=1S/C8H12BrNO/c1-3-4-5-6-10-8(11)7(2)9/h1,7H,4-6H2,2H3,(H,10,11). The van der Waals surface area contributed by atoms with Crippen LogP contribution in [-0.4, -0.2) is 17.3 Å². The Balaban J connectivity index is 3.26. The average Bonchev–Trinajstić information content (AvgIpc) is 1.97. The monoisotopic (exact) mass is 217 g/mol. The summed E-state index contributed by atoms with van der Waals surface area (Å²) in [5, 5.41) is 2.74. The number of hydrogen-bond acceptors (Lipinski definition) is 1. The van der Waals surface area contributed by atoms with Gasteiger partial charge >= 0.3 is 0 Å². The Morgan fingerprint density at radius 1 is 1.82 bits per heavy atom. The van der Waals surface area contributed by atoms with Gasteiger partial charge in [0.05, 0.1) is 4.83 Å². The third-order valence-corrected chi connectivity index (χ3v) is 1.57. The smallest absolute Gasteiger partial charge is 0.233 e. The van der Waals surface area contributed by atoms with Crippen LogP contribution in [-0.2, 0) is 4.79 Å². The normalized spacial score (nSPS) is 11.7. The zero-order chi connectivity index (χ0) is 8.69. The summed E-state index contributed by atoms with van der Waals surface area (Å²) in [6.07, 6.45) is 6.60. The van der Waals surface area contributed by atoms with E-state index in [0.717, 1.165) is 12.8 Å². The summed E-state index contributed by atoms with van der Waals surface area (Å²) >= 11 is 3.16. The number of nitrogens with one attached hydrogen (secondary N) is 1. The number of amides is 1. The summed E-state index contributed by atoms with van der Waals surface area (Å²) in [4.78, 5) is 10.8. The van der Waals surface area contributed by atoms with E-state index in [9.17, 15) is 4.79 Å². The van der Waals surface area contributed by atoms with Gasteiger partial charge in [0.1, 0.15) is 0 Å². The molecular weight excluding hydrogens is 206 g/mol. The quantitative estimate of drug-likeness (QED) is 0.430. The lowest BCUT2D eigenvalue weighted by Crippen LogP contribution is -2.30. The first-order valence-corrected chi connectivity index (χ1v) is 4.45. The first-order chi connectivity index (χ1) is 5.18. The molecule has 0 saturated heterocycles. The van der Waals surface area contributed by atoms with E-state index in [1.165, 1.54) is 0 Å². The van der Waals surface area contributed by atoms with Crippen molar-refractivity contribution in [3.63, 3.8) is 0 Å². The highest BCUT2D eigenvalue weighted by molar-refractivity contribution is 9.10. The molecule has 0 spiro atoms. The molecule has 0 rings (SSSR count). The zero-order valence-corrected chi connectivity index (χ0v) is 8.15. The van der Waals surface area contributed by atoms with Crippen LogP contribution >= 0.6 is 15.9 Å². The van der Waals surface area contributed by atoms with Gasteiger partial charge in [-0.05, 0) is 13.3 Å². The Hall–Kier alpha value is -0.490. The molecule has 0 aromatic rings. The van der Waals surface area contributed by atoms with Crippen LogP contribution in [0.1, 0.15) is 19.8 Å². The van der Waals surface area contributed by atoms with Crippen LogP contribution in [0.3, 0.4) is 0 Å². The number of alkyl halides is 1. The molecule has 1 unspecified atom stereocenters. The van der Waals surface area contributed by atoms with Gasteiger partial charge in [0, 0.05) is 13.0 Å². The molecule has 0 saturated carbocycles. The van der Waals surface area contributed by atoms with Crippen molar-refractivity contribution >= 4 is 21.8 Å². The molecule has 11 heavy (non-hydrogen) atoms. The fraction of sp³-hybridized carbons (Fsp3) is 0.625. The van der Waals surface area contributed by atoms with Gasteiger partial charge in [-0.3, -0.25) is 4.79 Å². The van der Waals surface area contributed by atoms with Crippen LogP contribution in [0, 0.1) is 12.3 Å². The lowest BCUT2D eigenvalue weighted by atomic mass is 10.3. The first-order valence-electron chi connectivity index (χ1n) is 3.53. The van der Waals surface area contributed by atoms with Gasteiger partial charge in [-0.15, -0.1) is 12.3 Å². The number of carbonyl (C=O) groups excluding carboxylic acids is 1.